The van der Waals surface area contributed by atoms with Crippen molar-refractivity contribution in [2.24, 2.45) is 0 Å². The molecule has 1 N–H and O–H groups in total. The van der Waals surface area contributed by atoms with Crippen LogP contribution in [0.2, 0.25) is 15.1 Å². The molecule has 1 aromatic heterocycles. The van der Waals surface area contributed by atoms with E-state index in [-0.39, 0.29) is 37.9 Å². The Morgan fingerprint density at radius 1 is 1.32 bits per heavy atom. The van der Waals surface area contributed by atoms with Crippen molar-refractivity contribution in [2.45, 2.75) is 22.2 Å². The summed E-state index contributed by atoms with van der Waals surface area (Å²) in [4.78, 5) is 11.6. The number of nitrogens with zero attached hydrogens (tertiary/aromatic N) is 2. The monoisotopic (exact) mass is 465 g/mol. The molecule has 0 saturated carbocycles. The van der Waals surface area contributed by atoms with E-state index in [0.717, 1.165) is 10.9 Å². The molecule has 0 spiro atoms. The van der Waals surface area contributed by atoms with Crippen LogP contribution in [0, 0.1) is 0 Å². The normalized spacial score (nSPS) is 12.9. The summed E-state index contributed by atoms with van der Waals surface area (Å²) in [7, 11) is -2.55. The number of carbonyl (C=O) groups excluding carboxylic acids is 1. The van der Waals surface area contributed by atoms with Crippen LogP contribution >= 0.6 is 58.0 Å². The number of benzene rings is 1. The summed E-state index contributed by atoms with van der Waals surface area (Å²) in [6.07, 6.45) is 1.14. The highest BCUT2D eigenvalue weighted by Gasteiger charge is 2.36. The fourth-order valence-corrected chi connectivity index (χ4v) is 4.02. The smallest absolute Gasteiger partial charge is 0.310 e. The van der Waals surface area contributed by atoms with E-state index in [4.69, 9.17) is 58.0 Å². The highest BCUT2D eigenvalue weighted by atomic mass is 35.5. The lowest BCUT2D eigenvalue weighted by atomic mass is 10.3. The number of alkyl halides is 3. The number of halogens is 6. The molecule has 0 radical (unpaired) electrons. The van der Waals surface area contributed by atoms with Gasteiger partial charge in [-0.05, 0) is 12.1 Å². The summed E-state index contributed by atoms with van der Waals surface area (Å²) in [6.45, 7) is 1.59. The van der Waals surface area contributed by atoms with E-state index in [1.54, 1.807) is 6.92 Å². The Morgan fingerprint density at radius 3 is 2.36 bits per heavy atom. The lowest BCUT2D eigenvalue weighted by Gasteiger charge is -2.14. The van der Waals surface area contributed by atoms with Gasteiger partial charge in [-0.25, -0.2) is 8.89 Å². The summed E-state index contributed by atoms with van der Waals surface area (Å²) in [5.41, 5.74) is 0.149. The van der Waals surface area contributed by atoms with Crippen molar-refractivity contribution in [3.05, 3.63) is 33.4 Å². The molecule has 0 saturated heterocycles. The molecule has 0 bridgehead atoms. The van der Waals surface area contributed by atoms with Gasteiger partial charge < -0.3 is 5.32 Å². The van der Waals surface area contributed by atoms with Crippen molar-refractivity contribution in [3.63, 3.8) is 0 Å². The van der Waals surface area contributed by atoms with Gasteiger partial charge in [-0.3, -0.25) is 4.79 Å². The van der Waals surface area contributed by atoms with Crippen molar-refractivity contribution in [3.8, 4) is 5.69 Å². The van der Waals surface area contributed by atoms with Crippen molar-refractivity contribution in [1.82, 2.24) is 9.78 Å². The number of rotatable bonds is 5. The molecular formula is C13H9Cl5FN3O2S. The van der Waals surface area contributed by atoms with Crippen LogP contribution in [0.25, 0.3) is 5.69 Å². The summed E-state index contributed by atoms with van der Waals surface area (Å²) >= 11 is 28.7. The van der Waals surface area contributed by atoms with E-state index < -0.39 is 20.6 Å². The van der Waals surface area contributed by atoms with Crippen LogP contribution in [-0.2, 0) is 15.6 Å². The van der Waals surface area contributed by atoms with Crippen LogP contribution in [-0.4, -0.2) is 23.8 Å². The zero-order chi connectivity index (χ0) is 18.9. The number of anilines is 1. The molecule has 0 aliphatic carbocycles. The summed E-state index contributed by atoms with van der Waals surface area (Å²) < 4.78 is 23.9. The topological polar surface area (TPSA) is 64.0 Å². The van der Waals surface area contributed by atoms with Crippen LogP contribution in [0.15, 0.2) is 23.2 Å². The Labute approximate surface area is 169 Å². The van der Waals surface area contributed by atoms with Gasteiger partial charge in [0, 0.05) is 11.4 Å². The number of hydrogen-bond donors (Lipinski definition) is 1. The minimum absolute atomic E-state index is 0.0991. The van der Waals surface area contributed by atoms with Gasteiger partial charge in [0.2, 0.25) is 5.91 Å². The van der Waals surface area contributed by atoms with E-state index in [0.29, 0.717) is 0 Å². The average Bonchev–Trinajstić information content (AvgIpc) is 2.87. The average molecular weight is 468 g/mol. The second-order valence-corrected chi connectivity index (χ2v) is 9.08. The minimum atomic E-state index is -3.09. The van der Waals surface area contributed by atoms with Gasteiger partial charge in [-0.15, -0.1) is 0 Å². The fraction of sp³-hybridized carbons (Fsp3) is 0.231. The zero-order valence-corrected chi connectivity index (χ0v) is 16.9. The summed E-state index contributed by atoms with van der Waals surface area (Å²) in [6, 6.07) is 2.80. The highest BCUT2D eigenvalue weighted by Crippen LogP contribution is 2.38. The standard InChI is InChI=1S/C13H9Cl5FN3O2S/c1-2-10(23)21-12-9(25(24)13(17,18)19)5-20-22(12)11-7(15)3-6(14)4-8(11)16/h3-5H,2H2,1H3,(H,21,23). The maximum atomic E-state index is 13.7. The number of aromatic nitrogens is 2. The van der Waals surface area contributed by atoms with Crippen molar-refractivity contribution >= 4 is 80.5 Å². The van der Waals surface area contributed by atoms with Gasteiger partial charge in [0.1, 0.15) is 21.4 Å². The number of carbonyl (C=O) groups is 1. The van der Waals surface area contributed by atoms with E-state index in [2.05, 4.69) is 10.4 Å². The maximum Gasteiger partial charge on any atom is 0.337 e. The fourth-order valence-electron chi connectivity index (χ4n) is 1.84. The Kier molecular flexibility index (Phi) is 6.62. The molecule has 12 heteroatoms. The molecule has 1 unspecified atom stereocenters. The number of hydrogen-bond acceptors (Lipinski definition) is 3. The van der Waals surface area contributed by atoms with Crippen LogP contribution in [0.3, 0.4) is 0 Å². The van der Waals surface area contributed by atoms with Crippen LogP contribution in [0.1, 0.15) is 13.3 Å². The largest absolute Gasteiger partial charge is 0.337 e. The third-order valence-electron chi connectivity index (χ3n) is 2.92. The predicted molar refractivity (Wildman–Crippen MR) is 99.5 cm³/mol. The molecule has 5 nitrogen and oxygen atoms in total. The molecule has 2 rings (SSSR count). The Balaban J connectivity index is 2.69. The van der Waals surface area contributed by atoms with Crippen molar-refractivity contribution < 1.29 is 13.4 Å². The maximum absolute atomic E-state index is 13.7. The van der Waals surface area contributed by atoms with Gasteiger partial charge in [-0.1, -0.05) is 64.9 Å². The lowest BCUT2D eigenvalue weighted by molar-refractivity contribution is -0.115. The third kappa shape index (κ3) is 4.59. The van der Waals surface area contributed by atoms with Crippen LogP contribution < -0.4 is 5.32 Å². The van der Waals surface area contributed by atoms with Gasteiger partial charge in [0.05, 0.1) is 16.2 Å². The molecule has 25 heavy (non-hydrogen) atoms. The van der Waals surface area contributed by atoms with Crippen molar-refractivity contribution in [1.29, 1.82) is 0 Å². The molecule has 2 aromatic rings. The summed E-state index contributed by atoms with van der Waals surface area (Å²) in [5, 5.41) is 6.92. The first-order valence-corrected chi connectivity index (χ1v) is 9.61. The lowest BCUT2D eigenvalue weighted by Crippen LogP contribution is -2.19. The first-order chi connectivity index (χ1) is 11.6. The predicted octanol–water partition coefficient (Wildman–Crippen LogP) is 5.35. The van der Waals surface area contributed by atoms with Gasteiger partial charge in [0.15, 0.2) is 5.82 Å². The van der Waals surface area contributed by atoms with E-state index >= 15 is 0 Å². The Morgan fingerprint density at radius 2 is 1.88 bits per heavy atom. The number of amides is 1. The van der Waals surface area contributed by atoms with E-state index in [1.807, 2.05) is 0 Å². The zero-order valence-electron chi connectivity index (χ0n) is 12.3. The number of nitrogens with one attached hydrogen (secondary N) is 1. The molecule has 0 fully saturated rings. The minimum Gasteiger partial charge on any atom is -0.310 e. The Hall–Kier alpha value is -0.570. The second kappa shape index (κ2) is 7.98. The molecule has 1 amide bonds. The molecule has 136 valence electrons. The first-order valence-electron chi connectivity index (χ1n) is 6.57. The second-order valence-electron chi connectivity index (χ2n) is 4.60. The quantitative estimate of drug-likeness (QED) is 0.603. The highest BCUT2D eigenvalue weighted by molar-refractivity contribution is 7.89. The molecule has 0 aliphatic heterocycles. The molecular weight excluding hydrogens is 458 g/mol. The third-order valence-corrected chi connectivity index (χ3v) is 5.67. The van der Waals surface area contributed by atoms with E-state index in [1.165, 1.54) is 12.1 Å². The SMILES string of the molecule is CCC(=O)Nc1c(S(=O)C(F)(Cl)Cl)cnn1-c1c(Cl)cc(Cl)cc1Cl. The van der Waals surface area contributed by atoms with Gasteiger partial charge in [-0.2, -0.15) is 9.49 Å². The van der Waals surface area contributed by atoms with Gasteiger partial charge in [0.25, 0.3) is 0 Å². The van der Waals surface area contributed by atoms with Gasteiger partial charge >= 0.3 is 3.92 Å². The molecule has 1 aromatic carbocycles. The first kappa shape index (κ1) is 20.7. The van der Waals surface area contributed by atoms with Crippen molar-refractivity contribution in [2.75, 3.05) is 5.32 Å². The van der Waals surface area contributed by atoms with Crippen LogP contribution in [0.4, 0.5) is 10.2 Å². The summed E-state index contributed by atoms with van der Waals surface area (Å²) in [5.74, 6) is -0.575. The molecule has 0 aliphatic rings. The Bertz CT molecular complexity index is 830. The van der Waals surface area contributed by atoms with E-state index in [9.17, 15) is 13.4 Å². The molecule has 1 heterocycles. The van der Waals surface area contributed by atoms with Crippen LogP contribution in [0.5, 0.6) is 0 Å². The molecule has 1 atom stereocenters.